The van der Waals surface area contributed by atoms with Gasteiger partial charge in [0.2, 0.25) is 5.88 Å². The largest absolute Gasteiger partial charge is 0.492 e. The summed E-state index contributed by atoms with van der Waals surface area (Å²) in [5.74, 6) is 0.0293. The third-order valence-corrected chi connectivity index (χ3v) is 5.14. The molecule has 0 spiro atoms. The lowest BCUT2D eigenvalue weighted by molar-refractivity contribution is 0.457. The third kappa shape index (κ3) is 3.06. The lowest BCUT2D eigenvalue weighted by Gasteiger charge is -2.05. The molecule has 0 atom stereocenters. The zero-order chi connectivity index (χ0) is 17.4. The number of nitrogens with one attached hydrogen (secondary N) is 1. The number of hydrogen-bond donors (Lipinski definition) is 2. The van der Waals surface area contributed by atoms with Gasteiger partial charge in [0.25, 0.3) is 0 Å². The van der Waals surface area contributed by atoms with Crippen molar-refractivity contribution in [1.29, 1.82) is 0 Å². The molecular formula is C20H17N3OS. The highest BCUT2D eigenvalue weighted by Crippen LogP contribution is 2.37. The van der Waals surface area contributed by atoms with Gasteiger partial charge in [-0.15, -0.1) is 0 Å². The molecule has 4 rings (SSSR count). The molecule has 0 bridgehead atoms. The lowest BCUT2D eigenvalue weighted by atomic mass is 10.1. The minimum absolute atomic E-state index is 0.0293. The predicted octanol–water partition coefficient (Wildman–Crippen LogP) is 5.47. The molecule has 4 nitrogen and oxygen atoms in total. The molecule has 2 heterocycles. The van der Waals surface area contributed by atoms with Crippen LogP contribution in [0.15, 0.2) is 47.5 Å². The number of aryl methyl sites for hydroxylation is 2. The smallest absolute Gasteiger partial charge is 0.231 e. The van der Waals surface area contributed by atoms with Crippen LogP contribution < -0.4 is 5.32 Å². The van der Waals surface area contributed by atoms with Crippen LogP contribution in [0.2, 0.25) is 0 Å². The van der Waals surface area contributed by atoms with Crippen molar-refractivity contribution in [1.82, 2.24) is 4.98 Å². The number of hydrogen-bond acceptors (Lipinski definition) is 5. The number of nitrogens with zero attached hydrogens (tertiary/aromatic N) is 2. The molecule has 25 heavy (non-hydrogen) atoms. The number of allylic oxidation sites excluding steroid dienone is 1. The van der Waals surface area contributed by atoms with Gasteiger partial charge < -0.3 is 10.4 Å². The van der Waals surface area contributed by atoms with Crippen LogP contribution in [0.5, 0.6) is 5.88 Å². The van der Waals surface area contributed by atoms with E-state index in [2.05, 4.69) is 41.3 Å². The zero-order valence-electron chi connectivity index (χ0n) is 13.9. The van der Waals surface area contributed by atoms with E-state index in [4.69, 9.17) is 0 Å². The van der Waals surface area contributed by atoms with Crippen LogP contribution in [0.3, 0.4) is 0 Å². The zero-order valence-corrected chi connectivity index (χ0v) is 14.8. The van der Waals surface area contributed by atoms with Gasteiger partial charge >= 0.3 is 0 Å². The molecule has 1 aliphatic heterocycles. The quantitative estimate of drug-likeness (QED) is 0.661. The molecule has 0 radical (unpaired) electrons. The average Bonchev–Trinajstić information content (AvgIpc) is 3.16. The van der Waals surface area contributed by atoms with Crippen LogP contribution in [0, 0.1) is 13.8 Å². The second-order valence-corrected chi connectivity index (χ2v) is 7.04. The second-order valence-electron chi connectivity index (χ2n) is 6.01. The summed E-state index contributed by atoms with van der Waals surface area (Å²) in [5.41, 5.74) is 6.42. The fourth-order valence-corrected chi connectivity index (χ4v) is 3.54. The van der Waals surface area contributed by atoms with Crippen LogP contribution in [-0.2, 0) is 0 Å². The van der Waals surface area contributed by atoms with Crippen molar-refractivity contribution in [2.24, 2.45) is 4.99 Å². The molecule has 0 saturated heterocycles. The van der Waals surface area contributed by atoms with E-state index in [9.17, 15) is 5.11 Å². The van der Waals surface area contributed by atoms with Gasteiger partial charge in [-0.05, 0) is 49.2 Å². The lowest BCUT2D eigenvalue weighted by Crippen LogP contribution is -1.90. The van der Waals surface area contributed by atoms with E-state index in [1.165, 1.54) is 22.5 Å². The molecule has 2 N–H and O–H groups in total. The minimum atomic E-state index is 0.0293. The minimum Gasteiger partial charge on any atom is -0.492 e. The number of benzene rings is 2. The fraction of sp³-hybridized carbons (Fsp3) is 0.100. The maximum Gasteiger partial charge on any atom is 0.231 e. The molecule has 0 saturated carbocycles. The highest BCUT2D eigenvalue weighted by atomic mass is 32.1. The van der Waals surface area contributed by atoms with Gasteiger partial charge in [0, 0.05) is 23.0 Å². The highest BCUT2D eigenvalue weighted by molar-refractivity contribution is 7.16. The van der Waals surface area contributed by atoms with E-state index < -0.39 is 0 Å². The van der Waals surface area contributed by atoms with E-state index >= 15 is 0 Å². The summed E-state index contributed by atoms with van der Waals surface area (Å²) >= 11 is 1.42. The first-order chi connectivity index (χ1) is 12.1. The number of para-hydroxylation sites is 1. The molecule has 0 aliphatic carbocycles. The molecule has 1 aromatic heterocycles. The summed E-state index contributed by atoms with van der Waals surface area (Å²) in [4.78, 5) is 9.34. The second kappa shape index (κ2) is 6.18. The Morgan fingerprint density at radius 3 is 2.76 bits per heavy atom. The normalized spacial score (nSPS) is 14.1. The average molecular weight is 347 g/mol. The predicted molar refractivity (Wildman–Crippen MR) is 105 cm³/mol. The Balaban J connectivity index is 1.62. The van der Waals surface area contributed by atoms with Crippen molar-refractivity contribution in [2.45, 2.75) is 13.8 Å². The molecular weight excluding hydrogens is 330 g/mol. The van der Waals surface area contributed by atoms with E-state index in [1.807, 2.05) is 42.6 Å². The van der Waals surface area contributed by atoms with Gasteiger partial charge in [-0.3, -0.25) is 4.99 Å². The summed E-state index contributed by atoms with van der Waals surface area (Å²) in [5, 5.41) is 14.1. The molecule has 0 unspecified atom stereocenters. The highest BCUT2D eigenvalue weighted by Gasteiger charge is 2.14. The monoisotopic (exact) mass is 347 g/mol. The van der Waals surface area contributed by atoms with Crippen molar-refractivity contribution < 1.29 is 5.11 Å². The summed E-state index contributed by atoms with van der Waals surface area (Å²) < 4.78 is 0. The van der Waals surface area contributed by atoms with E-state index in [-0.39, 0.29) is 5.88 Å². The Morgan fingerprint density at radius 1 is 1.08 bits per heavy atom. The van der Waals surface area contributed by atoms with Gasteiger partial charge in [0.15, 0.2) is 5.13 Å². The fourth-order valence-electron chi connectivity index (χ4n) is 2.71. The standard InChI is InChI=1S/C20H17N3OS/c1-12-7-8-15(9-13(12)2)22-20-23-19(24)18(25-20)10-14-11-21-17-6-4-3-5-16(14)17/h3-11,24H,1-2H3,(H,22,23)/b14-10-. The molecule has 0 amide bonds. The van der Waals surface area contributed by atoms with Gasteiger partial charge in [-0.2, -0.15) is 4.98 Å². The third-order valence-electron chi connectivity index (χ3n) is 4.24. The number of rotatable bonds is 3. The summed E-state index contributed by atoms with van der Waals surface area (Å²) in [7, 11) is 0. The van der Waals surface area contributed by atoms with Crippen LogP contribution in [0.25, 0.3) is 11.6 Å². The number of aromatic hydroxyl groups is 1. The van der Waals surface area contributed by atoms with E-state index in [0.29, 0.717) is 10.0 Å². The van der Waals surface area contributed by atoms with Crippen molar-refractivity contribution in [3.8, 4) is 5.88 Å². The Bertz CT molecular complexity index is 1020. The number of aromatic nitrogens is 1. The van der Waals surface area contributed by atoms with Crippen molar-refractivity contribution in [2.75, 3.05) is 5.32 Å². The van der Waals surface area contributed by atoms with E-state index in [1.54, 1.807) is 0 Å². The summed E-state index contributed by atoms with van der Waals surface area (Å²) in [6, 6.07) is 14.1. The topological polar surface area (TPSA) is 57.5 Å². The number of anilines is 2. The molecule has 3 aromatic rings. The Morgan fingerprint density at radius 2 is 1.92 bits per heavy atom. The number of thiazole rings is 1. The van der Waals surface area contributed by atoms with Crippen molar-refractivity contribution in [3.05, 3.63) is 64.0 Å². The van der Waals surface area contributed by atoms with Crippen LogP contribution >= 0.6 is 11.3 Å². The van der Waals surface area contributed by atoms with Crippen LogP contribution in [-0.4, -0.2) is 16.3 Å². The first kappa shape index (κ1) is 15.6. The van der Waals surface area contributed by atoms with Gasteiger partial charge in [-0.1, -0.05) is 35.6 Å². The summed E-state index contributed by atoms with van der Waals surface area (Å²) in [6.45, 7) is 4.16. The number of aliphatic imine (C=N–C) groups is 1. The maximum atomic E-state index is 10.2. The number of fused-ring (bicyclic) bond motifs is 1. The van der Waals surface area contributed by atoms with Gasteiger partial charge in [0.05, 0.1) is 10.6 Å². The molecule has 0 fully saturated rings. The van der Waals surface area contributed by atoms with Gasteiger partial charge in [-0.25, -0.2) is 0 Å². The van der Waals surface area contributed by atoms with Crippen molar-refractivity contribution in [3.63, 3.8) is 0 Å². The first-order valence-corrected chi connectivity index (χ1v) is 8.81. The SMILES string of the molecule is Cc1ccc(Nc2nc(O)c(/C=C3/C=Nc4ccccc43)s2)cc1C. The molecule has 124 valence electrons. The molecule has 5 heteroatoms. The van der Waals surface area contributed by atoms with Crippen molar-refractivity contribution >= 4 is 45.7 Å². The Hall–Kier alpha value is -2.92. The van der Waals surface area contributed by atoms with Crippen LogP contribution in [0.4, 0.5) is 16.5 Å². The van der Waals surface area contributed by atoms with Crippen LogP contribution in [0.1, 0.15) is 21.6 Å². The Labute approximate surface area is 150 Å². The van der Waals surface area contributed by atoms with E-state index in [0.717, 1.165) is 22.5 Å². The van der Waals surface area contributed by atoms with Gasteiger partial charge in [0.1, 0.15) is 0 Å². The first-order valence-electron chi connectivity index (χ1n) is 7.99. The Kier molecular flexibility index (Phi) is 3.86. The molecule has 2 aromatic carbocycles. The maximum absolute atomic E-state index is 10.2. The molecule has 1 aliphatic rings. The summed E-state index contributed by atoms with van der Waals surface area (Å²) in [6.07, 6.45) is 3.74.